The molecule has 1 unspecified atom stereocenters. The van der Waals surface area contributed by atoms with Gasteiger partial charge in [0.05, 0.1) is 22.8 Å². The molecule has 1 fully saturated rings. The number of aldehydes is 1. The summed E-state index contributed by atoms with van der Waals surface area (Å²) >= 11 is 0. The topological polar surface area (TPSA) is 180 Å². The molecule has 3 aromatic rings. The van der Waals surface area contributed by atoms with E-state index in [1.807, 2.05) is 6.92 Å². The first-order valence-electron chi connectivity index (χ1n) is 16.3. The fraction of sp³-hybridized carbons (Fsp3) is 0.412. The fourth-order valence-corrected chi connectivity index (χ4v) is 5.86. The highest BCUT2D eigenvalue weighted by Gasteiger charge is 2.24. The molecular weight excluding hydrogens is 648 g/mol. The summed E-state index contributed by atoms with van der Waals surface area (Å²) in [5, 5.41) is 42.9. The van der Waals surface area contributed by atoms with Crippen LogP contribution < -0.4 is 16.7 Å². The van der Waals surface area contributed by atoms with Crippen molar-refractivity contribution in [1.29, 1.82) is 0 Å². The van der Waals surface area contributed by atoms with E-state index < -0.39 is 16.7 Å². The summed E-state index contributed by atoms with van der Waals surface area (Å²) < 4.78 is 1.89. The van der Waals surface area contributed by atoms with Crippen LogP contribution in [0, 0.1) is 0 Å². The average Bonchev–Trinajstić information content (AvgIpc) is 3.08. The minimum Gasteiger partial charge on any atom is -0.425 e. The fourth-order valence-electron chi connectivity index (χ4n) is 5.86. The van der Waals surface area contributed by atoms with Crippen LogP contribution in [0.25, 0.3) is 0 Å². The van der Waals surface area contributed by atoms with Crippen LogP contribution in [0.4, 0.5) is 0 Å². The molecule has 3 aromatic heterocycles. The van der Waals surface area contributed by atoms with Gasteiger partial charge in [0.25, 0.3) is 16.7 Å². The minimum atomic E-state index is -0.549. The lowest BCUT2D eigenvalue weighted by molar-refractivity contribution is -0.104. The van der Waals surface area contributed by atoms with Crippen LogP contribution in [0.2, 0.25) is 0 Å². The number of carbonyl (C=O) groups is 1. The van der Waals surface area contributed by atoms with Gasteiger partial charge in [-0.3, -0.25) is 49.0 Å². The van der Waals surface area contributed by atoms with Gasteiger partial charge in [-0.15, -0.1) is 0 Å². The van der Waals surface area contributed by atoms with Crippen molar-refractivity contribution >= 4 is 6.29 Å². The van der Waals surface area contributed by atoms with E-state index in [1.54, 1.807) is 48.6 Å². The molecule has 0 aromatic carbocycles. The van der Waals surface area contributed by atoms with Gasteiger partial charge in [-0.05, 0) is 37.3 Å². The highest BCUT2D eigenvalue weighted by molar-refractivity contribution is 5.65. The maximum absolute atomic E-state index is 12.2. The van der Waals surface area contributed by atoms with Gasteiger partial charge in [-0.1, -0.05) is 24.3 Å². The molecule has 0 spiro atoms. The van der Waals surface area contributed by atoms with Gasteiger partial charge in [0.15, 0.2) is 0 Å². The van der Waals surface area contributed by atoms with Gasteiger partial charge in [0, 0.05) is 103 Å². The summed E-state index contributed by atoms with van der Waals surface area (Å²) in [5.74, 6) is 0. The van der Waals surface area contributed by atoms with E-state index in [0.29, 0.717) is 95.6 Å². The first-order valence-corrected chi connectivity index (χ1v) is 16.3. The molecule has 16 nitrogen and oxygen atoms in total. The van der Waals surface area contributed by atoms with Crippen LogP contribution in [0.15, 0.2) is 92.9 Å². The Bertz CT molecular complexity index is 1820. The summed E-state index contributed by atoms with van der Waals surface area (Å²) in [6.45, 7) is 6.44. The normalized spacial score (nSPS) is 18.1. The molecule has 0 radical (unpaired) electrons. The third kappa shape index (κ3) is 10.5. The quantitative estimate of drug-likeness (QED) is 0.0711. The molecule has 1 aliphatic heterocycles. The second-order valence-corrected chi connectivity index (χ2v) is 12.3. The van der Waals surface area contributed by atoms with Crippen LogP contribution in [-0.2, 0) is 24.4 Å². The van der Waals surface area contributed by atoms with Crippen molar-refractivity contribution in [2.24, 2.45) is 0 Å². The molecule has 0 aliphatic carbocycles. The number of aromatic nitrogens is 3. The predicted octanol–water partition coefficient (Wildman–Crippen LogP) is 0.354. The summed E-state index contributed by atoms with van der Waals surface area (Å²) in [7, 11) is 1.50. The predicted molar refractivity (Wildman–Crippen MR) is 183 cm³/mol. The lowest BCUT2D eigenvalue weighted by Crippen LogP contribution is -2.50. The van der Waals surface area contributed by atoms with Crippen molar-refractivity contribution in [3.8, 4) is 0 Å². The second kappa shape index (κ2) is 18.1. The number of hydrogen-bond donors (Lipinski definition) is 4. The van der Waals surface area contributed by atoms with Gasteiger partial charge in [0.1, 0.15) is 6.29 Å². The summed E-state index contributed by atoms with van der Waals surface area (Å²) in [5.41, 5.74) is 0.0978. The van der Waals surface area contributed by atoms with Gasteiger partial charge in [0.2, 0.25) is 0 Å². The van der Waals surface area contributed by atoms with Crippen molar-refractivity contribution in [2.45, 2.75) is 32.6 Å². The molecule has 270 valence electrons. The maximum Gasteiger partial charge on any atom is 0.283 e. The van der Waals surface area contributed by atoms with E-state index in [4.69, 9.17) is 0 Å². The third-order valence-electron chi connectivity index (χ3n) is 8.75. The zero-order valence-corrected chi connectivity index (χ0v) is 28.4. The highest BCUT2D eigenvalue weighted by atomic mass is 16.5. The first-order chi connectivity index (χ1) is 24.0. The molecule has 4 heterocycles. The minimum absolute atomic E-state index is 0.143. The molecule has 1 atom stereocenters. The van der Waals surface area contributed by atoms with Crippen LogP contribution in [0.1, 0.15) is 24.0 Å². The van der Waals surface area contributed by atoms with E-state index in [0.717, 1.165) is 5.06 Å². The molecule has 50 heavy (non-hydrogen) atoms. The molecule has 4 rings (SSSR count). The van der Waals surface area contributed by atoms with Crippen molar-refractivity contribution in [3.05, 3.63) is 127 Å². The van der Waals surface area contributed by atoms with E-state index >= 15 is 0 Å². The van der Waals surface area contributed by atoms with Crippen LogP contribution in [-0.4, -0.2) is 131 Å². The lowest BCUT2D eigenvalue weighted by atomic mass is 10.2. The molecule has 0 bridgehead atoms. The van der Waals surface area contributed by atoms with Crippen molar-refractivity contribution in [1.82, 2.24) is 38.9 Å². The van der Waals surface area contributed by atoms with Crippen LogP contribution in [0.3, 0.4) is 0 Å². The van der Waals surface area contributed by atoms with Gasteiger partial charge >= 0.3 is 0 Å². The van der Waals surface area contributed by atoms with Gasteiger partial charge in [-0.2, -0.15) is 14.2 Å². The molecular formula is C34H46N8O8. The molecule has 1 saturated heterocycles. The van der Waals surface area contributed by atoms with Crippen LogP contribution >= 0.6 is 0 Å². The number of nitrogens with zero attached hydrogens (tertiary/aromatic N) is 8. The summed E-state index contributed by atoms with van der Waals surface area (Å²) in [6.07, 6.45) is 5.17. The largest absolute Gasteiger partial charge is 0.425 e. The first kappa shape index (κ1) is 37.8. The number of allylic oxidation sites excluding steroid dienone is 3. The second-order valence-electron chi connectivity index (χ2n) is 12.3. The number of hydroxylamine groups is 2. The van der Waals surface area contributed by atoms with Gasteiger partial charge < -0.3 is 15.6 Å². The number of rotatable bonds is 11. The Balaban J connectivity index is 1.70. The number of pyridine rings is 3. The molecule has 4 N–H and O–H groups in total. The Morgan fingerprint density at radius 2 is 1.12 bits per heavy atom. The monoisotopic (exact) mass is 694 g/mol. The lowest BCUT2D eigenvalue weighted by Gasteiger charge is -2.38. The van der Waals surface area contributed by atoms with E-state index in [9.17, 15) is 40.0 Å². The van der Waals surface area contributed by atoms with Crippen molar-refractivity contribution in [3.63, 3.8) is 0 Å². The summed E-state index contributed by atoms with van der Waals surface area (Å²) in [4.78, 5) is 56.0. The van der Waals surface area contributed by atoms with Crippen molar-refractivity contribution < 1.29 is 25.6 Å². The number of hydrogen-bond acceptors (Lipinski definition) is 13. The van der Waals surface area contributed by atoms with Crippen molar-refractivity contribution in [2.75, 3.05) is 59.4 Å². The molecule has 1 aliphatic rings. The molecule has 0 amide bonds. The summed E-state index contributed by atoms with van der Waals surface area (Å²) in [6, 6.07) is 13.5. The Morgan fingerprint density at radius 3 is 1.56 bits per heavy atom. The zero-order chi connectivity index (χ0) is 36.2. The molecule has 16 heteroatoms. The maximum atomic E-state index is 12.2. The Kier molecular flexibility index (Phi) is 13.7. The number of carbonyl (C=O) groups excluding carboxylic acids is 1. The standard InChI is InChI=1S/C34H46N8O8/c1-27-22-38(25-31-11-7-14-34(46)42(31)50)18-17-36(23-29-9-5-12-32(44)40(29)48)15-16-37(24-30-10-6-13-33(45)41(30)49)19-20-39(27)26-28(35(2)47)8-3-4-21-43/h3-14,21,27,47-50H,15-20,22-26H2,1-2H3/b4-3-,28-8-. The number of likely N-dealkylation sites (N-methyl/N-ethyl adjacent to an activating group) is 1. The Labute approximate surface area is 289 Å². The van der Waals surface area contributed by atoms with E-state index in [1.165, 1.54) is 31.3 Å². The highest BCUT2D eigenvalue weighted by Crippen LogP contribution is 2.14. The Hall–Kier alpha value is -5.00. The van der Waals surface area contributed by atoms with E-state index in [-0.39, 0.29) is 25.7 Å². The third-order valence-corrected chi connectivity index (χ3v) is 8.75. The van der Waals surface area contributed by atoms with Crippen LogP contribution in [0.5, 0.6) is 0 Å². The zero-order valence-electron chi connectivity index (χ0n) is 28.4. The van der Waals surface area contributed by atoms with E-state index in [2.05, 4.69) is 19.6 Å². The SMILES string of the molecule is CC1CN(Cc2cccc(=O)n2O)CCN(Cc2cccc(=O)n2O)CCN(Cc2cccc(=O)n2O)CCN1C/C(=C/C=C\C=O)N(C)O. The molecule has 0 saturated carbocycles. The van der Waals surface area contributed by atoms with Gasteiger partial charge in [-0.25, -0.2) is 0 Å². The Morgan fingerprint density at radius 1 is 0.700 bits per heavy atom. The average molecular weight is 695 g/mol. The smallest absolute Gasteiger partial charge is 0.283 e.